The van der Waals surface area contributed by atoms with Gasteiger partial charge in [-0.1, -0.05) is 6.92 Å². The minimum Gasteiger partial charge on any atom is -0.490 e. The summed E-state index contributed by atoms with van der Waals surface area (Å²) in [5.74, 6) is 1.73. The Balaban J connectivity index is 2.03. The summed E-state index contributed by atoms with van der Waals surface area (Å²) in [6.45, 7) is 6.17. The first kappa shape index (κ1) is 13.1. The van der Waals surface area contributed by atoms with Gasteiger partial charge >= 0.3 is 0 Å². The molecule has 0 spiro atoms. The van der Waals surface area contributed by atoms with Gasteiger partial charge in [-0.2, -0.15) is 0 Å². The lowest BCUT2D eigenvalue weighted by Crippen LogP contribution is -2.46. The average Bonchev–Trinajstić information content (AvgIpc) is 2.40. The number of ether oxygens (including phenoxy) is 1. The zero-order valence-corrected chi connectivity index (χ0v) is 11.3. The summed E-state index contributed by atoms with van der Waals surface area (Å²) in [7, 11) is 0. The van der Waals surface area contributed by atoms with Crippen LogP contribution in [0.1, 0.15) is 33.1 Å². The molecule has 2 N–H and O–H groups in total. The number of nitrogens with one attached hydrogen (secondary N) is 2. The number of rotatable bonds is 5. The maximum atomic E-state index is 5.72. The molecule has 1 aromatic heterocycles. The van der Waals surface area contributed by atoms with Crippen LogP contribution in [0, 0.1) is 0 Å². The van der Waals surface area contributed by atoms with E-state index in [1.807, 2.05) is 18.3 Å². The fraction of sp³-hybridized carbons (Fsp3) is 0.643. The van der Waals surface area contributed by atoms with Gasteiger partial charge in [0.2, 0.25) is 0 Å². The first-order valence-corrected chi connectivity index (χ1v) is 6.89. The minimum atomic E-state index is 0.428. The van der Waals surface area contributed by atoms with E-state index in [1.165, 1.54) is 12.8 Å². The summed E-state index contributed by atoms with van der Waals surface area (Å²) in [6.07, 6.45) is 5.20. The van der Waals surface area contributed by atoms with Crippen molar-refractivity contribution >= 4 is 5.82 Å². The SMILES string of the molecule is CCCOc1cccnc1NC1CCCNC1C. The Bertz CT molecular complexity index is 370. The van der Waals surface area contributed by atoms with Gasteiger partial charge in [0.1, 0.15) is 0 Å². The highest BCUT2D eigenvalue weighted by atomic mass is 16.5. The monoisotopic (exact) mass is 249 g/mol. The van der Waals surface area contributed by atoms with Crippen LogP contribution in [-0.2, 0) is 0 Å². The number of anilines is 1. The van der Waals surface area contributed by atoms with Crippen molar-refractivity contribution in [2.24, 2.45) is 0 Å². The van der Waals surface area contributed by atoms with Crippen LogP contribution in [0.15, 0.2) is 18.3 Å². The summed E-state index contributed by atoms with van der Waals surface area (Å²) in [4.78, 5) is 4.40. The summed E-state index contributed by atoms with van der Waals surface area (Å²) >= 11 is 0. The third-order valence-electron chi connectivity index (χ3n) is 3.32. The van der Waals surface area contributed by atoms with Gasteiger partial charge in [0.05, 0.1) is 6.61 Å². The molecule has 100 valence electrons. The molecule has 0 amide bonds. The summed E-state index contributed by atoms with van der Waals surface area (Å²) in [5.41, 5.74) is 0. The molecule has 0 aliphatic carbocycles. The van der Waals surface area contributed by atoms with E-state index in [0.29, 0.717) is 12.1 Å². The molecule has 1 saturated heterocycles. The minimum absolute atomic E-state index is 0.428. The third kappa shape index (κ3) is 3.35. The van der Waals surface area contributed by atoms with E-state index >= 15 is 0 Å². The molecule has 1 aliphatic heterocycles. The van der Waals surface area contributed by atoms with Gasteiger partial charge in [-0.05, 0) is 44.9 Å². The predicted molar refractivity (Wildman–Crippen MR) is 74.1 cm³/mol. The molecule has 1 aliphatic rings. The molecule has 0 aromatic carbocycles. The fourth-order valence-corrected chi connectivity index (χ4v) is 2.24. The highest BCUT2D eigenvalue weighted by Crippen LogP contribution is 2.24. The van der Waals surface area contributed by atoms with Gasteiger partial charge in [-0.3, -0.25) is 0 Å². The lowest BCUT2D eigenvalue weighted by atomic mass is 10.00. The van der Waals surface area contributed by atoms with Crippen LogP contribution in [0.4, 0.5) is 5.82 Å². The molecule has 2 rings (SSSR count). The second-order valence-corrected chi connectivity index (χ2v) is 4.83. The Morgan fingerprint density at radius 2 is 2.44 bits per heavy atom. The molecular weight excluding hydrogens is 226 g/mol. The Kier molecular flexibility index (Phi) is 4.81. The molecule has 4 nitrogen and oxygen atoms in total. The molecule has 0 saturated carbocycles. The van der Waals surface area contributed by atoms with E-state index in [-0.39, 0.29) is 0 Å². The maximum absolute atomic E-state index is 5.72. The third-order valence-corrected chi connectivity index (χ3v) is 3.32. The molecule has 1 aromatic rings. The highest BCUT2D eigenvalue weighted by Gasteiger charge is 2.21. The van der Waals surface area contributed by atoms with Gasteiger partial charge in [-0.15, -0.1) is 0 Å². The molecule has 1 fully saturated rings. The lowest BCUT2D eigenvalue weighted by Gasteiger charge is -2.31. The van der Waals surface area contributed by atoms with E-state index in [1.54, 1.807) is 0 Å². The molecule has 2 heterocycles. The van der Waals surface area contributed by atoms with Gasteiger partial charge in [0.25, 0.3) is 0 Å². The van der Waals surface area contributed by atoms with Crippen LogP contribution in [-0.4, -0.2) is 30.2 Å². The van der Waals surface area contributed by atoms with Gasteiger partial charge in [0, 0.05) is 18.3 Å². The standard InChI is InChI=1S/C14H23N3O/c1-3-10-18-13-7-5-9-16-14(13)17-12-6-4-8-15-11(12)2/h5,7,9,11-12,15H,3-4,6,8,10H2,1-2H3,(H,16,17). The van der Waals surface area contributed by atoms with Crippen molar-refractivity contribution in [2.45, 2.75) is 45.2 Å². The van der Waals surface area contributed by atoms with Crippen molar-refractivity contribution in [1.82, 2.24) is 10.3 Å². The maximum Gasteiger partial charge on any atom is 0.169 e. The smallest absolute Gasteiger partial charge is 0.169 e. The second kappa shape index (κ2) is 6.59. The summed E-state index contributed by atoms with van der Waals surface area (Å²) < 4.78 is 5.72. The van der Waals surface area contributed by atoms with Crippen molar-refractivity contribution in [3.63, 3.8) is 0 Å². The number of nitrogens with zero attached hydrogens (tertiary/aromatic N) is 1. The number of hydrogen-bond acceptors (Lipinski definition) is 4. The molecule has 18 heavy (non-hydrogen) atoms. The number of aromatic nitrogens is 1. The lowest BCUT2D eigenvalue weighted by molar-refractivity contribution is 0.316. The van der Waals surface area contributed by atoms with Crippen LogP contribution in [0.5, 0.6) is 5.75 Å². The van der Waals surface area contributed by atoms with E-state index in [2.05, 4.69) is 29.5 Å². The fourth-order valence-electron chi connectivity index (χ4n) is 2.24. The largest absolute Gasteiger partial charge is 0.490 e. The normalized spacial score (nSPS) is 23.7. The number of hydrogen-bond donors (Lipinski definition) is 2. The number of pyridine rings is 1. The molecule has 4 heteroatoms. The van der Waals surface area contributed by atoms with E-state index in [9.17, 15) is 0 Å². The molecule has 0 bridgehead atoms. The quantitative estimate of drug-likeness (QED) is 0.841. The Morgan fingerprint density at radius 3 is 3.22 bits per heavy atom. The van der Waals surface area contributed by atoms with Gasteiger partial charge < -0.3 is 15.4 Å². The summed E-state index contributed by atoms with van der Waals surface area (Å²) in [5, 5.41) is 6.99. The van der Waals surface area contributed by atoms with Gasteiger partial charge in [0.15, 0.2) is 11.6 Å². The van der Waals surface area contributed by atoms with Crippen LogP contribution in [0.3, 0.4) is 0 Å². The van der Waals surface area contributed by atoms with E-state index in [4.69, 9.17) is 4.74 Å². The van der Waals surface area contributed by atoms with Crippen molar-refractivity contribution in [2.75, 3.05) is 18.5 Å². The molecular formula is C14H23N3O. The van der Waals surface area contributed by atoms with E-state index in [0.717, 1.165) is 31.1 Å². The molecule has 0 radical (unpaired) electrons. The predicted octanol–water partition coefficient (Wildman–Crippen LogP) is 2.42. The van der Waals surface area contributed by atoms with Gasteiger partial charge in [-0.25, -0.2) is 4.98 Å². The van der Waals surface area contributed by atoms with Crippen molar-refractivity contribution in [1.29, 1.82) is 0 Å². The van der Waals surface area contributed by atoms with Crippen LogP contribution in [0.25, 0.3) is 0 Å². The van der Waals surface area contributed by atoms with Crippen molar-refractivity contribution in [3.05, 3.63) is 18.3 Å². The Morgan fingerprint density at radius 1 is 1.56 bits per heavy atom. The van der Waals surface area contributed by atoms with Crippen molar-refractivity contribution < 1.29 is 4.74 Å². The first-order valence-electron chi connectivity index (χ1n) is 6.89. The first-order chi connectivity index (χ1) is 8.81. The molecule has 2 unspecified atom stereocenters. The van der Waals surface area contributed by atoms with Crippen LogP contribution in [0.2, 0.25) is 0 Å². The Hall–Kier alpha value is -1.29. The number of piperidine rings is 1. The second-order valence-electron chi connectivity index (χ2n) is 4.83. The average molecular weight is 249 g/mol. The summed E-state index contributed by atoms with van der Waals surface area (Å²) in [6, 6.07) is 4.79. The van der Waals surface area contributed by atoms with Crippen molar-refractivity contribution in [3.8, 4) is 5.75 Å². The van der Waals surface area contributed by atoms with Crippen LogP contribution < -0.4 is 15.4 Å². The van der Waals surface area contributed by atoms with E-state index < -0.39 is 0 Å². The Labute approximate surface area is 109 Å². The topological polar surface area (TPSA) is 46.2 Å². The highest BCUT2D eigenvalue weighted by molar-refractivity contribution is 5.50. The zero-order valence-electron chi connectivity index (χ0n) is 11.3. The zero-order chi connectivity index (χ0) is 12.8. The molecule has 2 atom stereocenters. The van der Waals surface area contributed by atoms with Crippen LogP contribution >= 0.6 is 0 Å².